The van der Waals surface area contributed by atoms with Crippen LogP contribution in [0, 0.1) is 5.82 Å². The Morgan fingerprint density at radius 1 is 1.12 bits per heavy atom. The van der Waals surface area contributed by atoms with Crippen molar-refractivity contribution in [3.8, 4) is 5.75 Å². The second kappa shape index (κ2) is 8.59. The quantitative estimate of drug-likeness (QED) is 0.713. The lowest BCUT2D eigenvalue weighted by molar-refractivity contribution is -0.134. The predicted molar refractivity (Wildman–Crippen MR) is 91.9 cm³/mol. The van der Waals surface area contributed by atoms with Crippen molar-refractivity contribution < 1.29 is 22.3 Å². The first-order valence-corrected chi connectivity index (χ1v) is 9.69. The largest absolute Gasteiger partial charge is 0.484 e. The molecule has 25 heavy (non-hydrogen) atoms. The number of rotatable bonds is 7. The first-order chi connectivity index (χ1) is 11.9. The van der Waals surface area contributed by atoms with Gasteiger partial charge in [-0.25, -0.2) is 4.39 Å². The van der Waals surface area contributed by atoms with Crippen molar-refractivity contribution in [1.29, 1.82) is 0 Å². The lowest BCUT2D eigenvalue weighted by Crippen LogP contribution is -2.54. The zero-order valence-electron chi connectivity index (χ0n) is 14.5. The molecule has 1 aromatic carbocycles. The molecule has 0 bridgehead atoms. The molecule has 0 radical (unpaired) electrons. The number of nitrogens with zero attached hydrogens (tertiary/aromatic N) is 3. The second-order valence-corrected chi connectivity index (χ2v) is 7.54. The van der Waals surface area contributed by atoms with Crippen LogP contribution >= 0.6 is 0 Å². The molecule has 0 N–H and O–H groups in total. The molecule has 0 aliphatic carbocycles. The maximum Gasteiger partial charge on any atom is 0.282 e. The minimum atomic E-state index is -3.47. The summed E-state index contributed by atoms with van der Waals surface area (Å²) in [4.78, 5) is 13.8. The van der Waals surface area contributed by atoms with Crippen LogP contribution in [0.4, 0.5) is 4.39 Å². The van der Waals surface area contributed by atoms with Crippen molar-refractivity contribution in [2.75, 3.05) is 45.9 Å². The highest BCUT2D eigenvalue weighted by atomic mass is 32.2. The van der Waals surface area contributed by atoms with Crippen LogP contribution in [0.25, 0.3) is 0 Å². The van der Waals surface area contributed by atoms with E-state index in [0.29, 0.717) is 31.9 Å². The molecule has 0 unspecified atom stereocenters. The van der Waals surface area contributed by atoms with E-state index in [1.165, 1.54) is 32.9 Å². The average Bonchev–Trinajstić information content (AvgIpc) is 2.62. The number of carbonyl (C=O) groups excluding carboxylic acids is 1. The summed E-state index contributed by atoms with van der Waals surface area (Å²) in [6.45, 7) is 5.46. The van der Waals surface area contributed by atoms with Crippen molar-refractivity contribution in [3.05, 3.63) is 30.1 Å². The monoisotopic (exact) mass is 373 g/mol. The maximum absolute atomic E-state index is 12.8. The Kier molecular flexibility index (Phi) is 6.74. The van der Waals surface area contributed by atoms with Gasteiger partial charge in [-0.1, -0.05) is 13.8 Å². The number of hydrogen-bond donors (Lipinski definition) is 0. The van der Waals surface area contributed by atoms with Crippen LogP contribution in [0.2, 0.25) is 0 Å². The molecule has 1 amide bonds. The molecule has 140 valence electrons. The molecule has 0 spiro atoms. The standard InChI is InChI=1S/C16H24FN3O4S/c1-3-19(4-2)25(22,23)20-11-9-18(10-12-20)16(21)13-24-15-7-5-14(17)6-8-15/h5-8H,3-4,9-13H2,1-2H3. The predicted octanol–water partition coefficient (Wildman–Crippen LogP) is 0.935. The number of hydrogen-bond acceptors (Lipinski definition) is 4. The van der Waals surface area contributed by atoms with Crippen molar-refractivity contribution in [3.63, 3.8) is 0 Å². The highest BCUT2D eigenvalue weighted by Crippen LogP contribution is 2.14. The molecule has 1 aliphatic heterocycles. The van der Waals surface area contributed by atoms with Crippen molar-refractivity contribution in [1.82, 2.24) is 13.5 Å². The Morgan fingerprint density at radius 2 is 1.68 bits per heavy atom. The summed E-state index contributed by atoms with van der Waals surface area (Å²) in [6.07, 6.45) is 0. The van der Waals surface area contributed by atoms with Crippen LogP contribution in [0.1, 0.15) is 13.8 Å². The Morgan fingerprint density at radius 3 is 2.20 bits per heavy atom. The van der Waals surface area contributed by atoms with Gasteiger partial charge in [0.2, 0.25) is 0 Å². The van der Waals surface area contributed by atoms with E-state index in [4.69, 9.17) is 4.74 Å². The molecule has 1 saturated heterocycles. The van der Waals surface area contributed by atoms with Crippen LogP contribution in [0.3, 0.4) is 0 Å². The van der Waals surface area contributed by atoms with E-state index in [1.807, 2.05) is 0 Å². The Balaban J connectivity index is 1.84. The summed E-state index contributed by atoms with van der Waals surface area (Å²) >= 11 is 0. The molecule has 1 heterocycles. The molecule has 2 rings (SSSR count). The van der Waals surface area contributed by atoms with Crippen LogP contribution in [0.5, 0.6) is 5.75 Å². The fourth-order valence-corrected chi connectivity index (χ4v) is 4.25. The van der Waals surface area contributed by atoms with E-state index in [0.717, 1.165) is 0 Å². The number of benzene rings is 1. The second-order valence-electron chi connectivity index (χ2n) is 5.61. The van der Waals surface area contributed by atoms with Gasteiger partial charge in [-0.05, 0) is 24.3 Å². The van der Waals surface area contributed by atoms with E-state index in [1.54, 1.807) is 18.7 Å². The zero-order chi connectivity index (χ0) is 18.4. The van der Waals surface area contributed by atoms with Gasteiger partial charge in [0.1, 0.15) is 11.6 Å². The molecular weight excluding hydrogens is 349 g/mol. The van der Waals surface area contributed by atoms with Gasteiger partial charge in [0.25, 0.3) is 16.1 Å². The number of piperazine rings is 1. The van der Waals surface area contributed by atoms with E-state index in [9.17, 15) is 17.6 Å². The molecule has 1 fully saturated rings. The third-order valence-corrected chi connectivity index (χ3v) is 6.31. The summed E-state index contributed by atoms with van der Waals surface area (Å²) in [6, 6.07) is 5.43. The minimum Gasteiger partial charge on any atom is -0.484 e. The topological polar surface area (TPSA) is 70.2 Å². The third kappa shape index (κ3) is 4.90. The van der Waals surface area contributed by atoms with E-state index >= 15 is 0 Å². The Hall–Kier alpha value is -1.71. The maximum atomic E-state index is 12.8. The van der Waals surface area contributed by atoms with Crippen molar-refractivity contribution >= 4 is 16.1 Å². The summed E-state index contributed by atoms with van der Waals surface area (Å²) in [5, 5.41) is 0. The molecule has 0 saturated carbocycles. The van der Waals surface area contributed by atoms with Gasteiger partial charge in [-0.2, -0.15) is 17.0 Å². The van der Waals surface area contributed by atoms with E-state index < -0.39 is 10.2 Å². The third-order valence-electron chi connectivity index (χ3n) is 4.13. The molecule has 7 nitrogen and oxygen atoms in total. The van der Waals surface area contributed by atoms with Gasteiger partial charge in [0, 0.05) is 39.3 Å². The Bertz CT molecular complexity index is 669. The highest BCUT2D eigenvalue weighted by Gasteiger charge is 2.32. The first-order valence-electron chi connectivity index (χ1n) is 8.29. The van der Waals surface area contributed by atoms with Gasteiger partial charge in [0.15, 0.2) is 6.61 Å². The van der Waals surface area contributed by atoms with Gasteiger partial charge < -0.3 is 9.64 Å². The van der Waals surface area contributed by atoms with Crippen LogP contribution in [-0.2, 0) is 15.0 Å². The number of halogens is 1. The smallest absolute Gasteiger partial charge is 0.282 e. The van der Waals surface area contributed by atoms with Gasteiger partial charge in [-0.15, -0.1) is 0 Å². The minimum absolute atomic E-state index is 0.158. The molecule has 1 aromatic rings. The number of carbonyl (C=O) groups is 1. The van der Waals surface area contributed by atoms with Gasteiger partial charge in [-0.3, -0.25) is 4.79 Å². The highest BCUT2D eigenvalue weighted by molar-refractivity contribution is 7.86. The summed E-state index contributed by atoms with van der Waals surface area (Å²) in [7, 11) is -3.47. The summed E-state index contributed by atoms with van der Waals surface area (Å²) in [5.41, 5.74) is 0. The van der Waals surface area contributed by atoms with E-state index in [-0.39, 0.29) is 31.4 Å². The number of amides is 1. The molecule has 0 atom stereocenters. The van der Waals surface area contributed by atoms with E-state index in [2.05, 4.69) is 0 Å². The summed E-state index contributed by atoms with van der Waals surface area (Å²) in [5.74, 6) is -0.175. The average molecular weight is 373 g/mol. The van der Waals surface area contributed by atoms with Gasteiger partial charge in [0.05, 0.1) is 0 Å². The molecule has 0 aromatic heterocycles. The van der Waals surface area contributed by atoms with Crippen LogP contribution in [-0.4, -0.2) is 73.7 Å². The number of ether oxygens (including phenoxy) is 1. The Labute approximate surface area is 148 Å². The zero-order valence-corrected chi connectivity index (χ0v) is 15.3. The van der Waals surface area contributed by atoms with Crippen molar-refractivity contribution in [2.24, 2.45) is 0 Å². The lowest BCUT2D eigenvalue weighted by Gasteiger charge is -2.36. The van der Waals surface area contributed by atoms with Crippen molar-refractivity contribution in [2.45, 2.75) is 13.8 Å². The van der Waals surface area contributed by atoms with Crippen LogP contribution < -0.4 is 4.74 Å². The normalized spacial score (nSPS) is 16.2. The molecular formula is C16H24FN3O4S. The van der Waals surface area contributed by atoms with Gasteiger partial charge >= 0.3 is 0 Å². The summed E-state index contributed by atoms with van der Waals surface area (Å²) < 4.78 is 45.9. The fourth-order valence-electron chi connectivity index (χ4n) is 2.65. The lowest BCUT2D eigenvalue weighted by atomic mass is 10.3. The SMILES string of the molecule is CCN(CC)S(=O)(=O)N1CCN(C(=O)COc2ccc(F)cc2)CC1. The first kappa shape index (κ1) is 19.6. The fraction of sp³-hybridized carbons (Fsp3) is 0.562. The molecule has 1 aliphatic rings. The van der Waals surface area contributed by atoms with Crippen LogP contribution in [0.15, 0.2) is 24.3 Å². The molecule has 9 heteroatoms.